The van der Waals surface area contributed by atoms with Gasteiger partial charge in [0.25, 0.3) is 5.91 Å². The van der Waals surface area contributed by atoms with Crippen molar-refractivity contribution >= 4 is 34.8 Å². The molecule has 2 N–H and O–H groups in total. The smallest absolute Gasteiger partial charge is 0.276 e. The quantitative estimate of drug-likeness (QED) is 0.888. The van der Waals surface area contributed by atoms with Gasteiger partial charge in [-0.05, 0) is 12.1 Å². The average Bonchev–Trinajstić information content (AvgIpc) is 2.82. The van der Waals surface area contributed by atoms with Gasteiger partial charge in [0.2, 0.25) is 0 Å². The van der Waals surface area contributed by atoms with E-state index in [1.54, 1.807) is 24.4 Å². The third kappa shape index (κ3) is 3.09. The summed E-state index contributed by atoms with van der Waals surface area (Å²) in [5, 5.41) is 6.73. The summed E-state index contributed by atoms with van der Waals surface area (Å²) in [5.41, 5.74) is 1.50. The number of hydrogen-bond donors (Lipinski definition) is 2. The number of aromatic nitrogens is 2. The molecule has 0 fully saturated rings. The average molecular weight is 297 g/mol. The molecule has 1 aliphatic heterocycles. The minimum atomic E-state index is -0.213. The number of nitrogens with zero attached hydrogens (tertiary/aromatic N) is 2. The molecular weight excluding hydrogens is 284 g/mol. The molecular formula is C12H13ClN4OS. The molecule has 2 aromatic rings. The van der Waals surface area contributed by atoms with Crippen molar-refractivity contribution in [1.82, 2.24) is 15.3 Å². The first kappa shape index (κ1) is 13.9. The van der Waals surface area contributed by atoms with E-state index in [1.807, 2.05) is 0 Å². The number of hydrogen-bond acceptors (Lipinski definition) is 5. The minimum absolute atomic E-state index is 0. The summed E-state index contributed by atoms with van der Waals surface area (Å²) in [5.74, 6) is -0.213. The van der Waals surface area contributed by atoms with Gasteiger partial charge in [-0.3, -0.25) is 15.1 Å². The lowest BCUT2D eigenvalue weighted by atomic mass is 10.2. The van der Waals surface area contributed by atoms with Crippen molar-refractivity contribution in [2.75, 3.05) is 11.9 Å². The van der Waals surface area contributed by atoms with E-state index < -0.39 is 0 Å². The van der Waals surface area contributed by atoms with Crippen LogP contribution in [0, 0.1) is 0 Å². The Kier molecular flexibility index (Phi) is 4.47. The fourth-order valence-electron chi connectivity index (χ4n) is 1.84. The van der Waals surface area contributed by atoms with Gasteiger partial charge in [-0.1, -0.05) is 6.07 Å². The Labute approximate surface area is 120 Å². The summed E-state index contributed by atoms with van der Waals surface area (Å²) in [7, 11) is 0. The predicted molar refractivity (Wildman–Crippen MR) is 77.0 cm³/mol. The number of amides is 1. The molecule has 3 heterocycles. The van der Waals surface area contributed by atoms with Crippen LogP contribution in [0.4, 0.5) is 5.13 Å². The maximum absolute atomic E-state index is 11.9. The monoisotopic (exact) mass is 296 g/mol. The topological polar surface area (TPSA) is 66.9 Å². The van der Waals surface area contributed by atoms with Crippen LogP contribution in [0.15, 0.2) is 24.4 Å². The van der Waals surface area contributed by atoms with Crippen LogP contribution in [0.25, 0.3) is 0 Å². The van der Waals surface area contributed by atoms with Crippen molar-refractivity contribution in [3.05, 3.63) is 40.7 Å². The predicted octanol–water partition coefficient (Wildman–Crippen LogP) is 1.86. The molecule has 19 heavy (non-hydrogen) atoms. The zero-order valence-electron chi connectivity index (χ0n) is 10.0. The lowest BCUT2D eigenvalue weighted by molar-refractivity contribution is 0.102. The van der Waals surface area contributed by atoms with Gasteiger partial charge in [0, 0.05) is 30.6 Å². The van der Waals surface area contributed by atoms with Crippen LogP contribution in [0.3, 0.4) is 0 Å². The van der Waals surface area contributed by atoms with Crippen LogP contribution in [0.2, 0.25) is 0 Å². The highest BCUT2D eigenvalue weighted by molar-refractivity contribution is 7.15. The minimum Gasteiger partial charge on any atom is -0.311 e. The Bertz CT molecular complexity index is 549. The lowest BCUT2D eigenvalue weighted by Crippen LogP contribution is -2.22. The highest BCUT2D eigenvalue weighted by atomic mass is 35.5. The zero-order valence-corrected chi connectivity index (χ0v) is 11.7. The van der Waals surface area contributed by atoms with E-state index in [4.69, 9.17) is 0 Å². The fourth-order valence-corrected chi connectivity index (χ4v) is 2.81. The molecule has 0 saturated heterocycles. The second-order valence-electron chi connectivity index (χ2n) is 3.98. The normalized spacial score (nSPS) is 13.3. The SMILES string of the molecule is Cl.O=C(Nc1nc2c(s1)CNCC2)c1ccccn1. The molecule has 0 radical (unpaired) electrons. The Morgan fingerprint density at radius 2 is 2.32 bits per heavy atom. The van der Waals surface area contributed by atoms with Crippen molar-refractivity contribution in [2.24, 2.45) is 0 Å². The third-order valence-electron chi connectivity index (χ3n) is 2.72. The summed E-state index contributed by atoms with van der Waals surface area (Å²) in [6.45, 7) is 1.79. The second kappa shape index (κ2) is 6.10. The number of pyridine rings is 1. The maximum atomic E-state index is 11.9. The molecule has 0 atom stereocenters. The van der Waals surface area contributed by atoms with E-state index in [1.165, 1.54) is 16.2 Å². The van der Waals surface area contributed by atoms with E-state index in [9.17, 15) is 4.79 Å². The number of halogens is 1. The van der Waals surface area contributed by atoms with Crippen molar-refractivity contribution < 1.29 is 4.79 Å². The number of nitrogens with one attached hydrogen (secondary N) is 2. The molecule has 7 heteroatoms. The first-order chi connectivity index (χ1) is 8.83. The molecule has 100 valence electrons. The number of rotatable bonds is 2. The Balaban J connectivity index is 0.00000133. The Morgan fingerprint density at radius 3 is 3.05 bits per heavy atom. The lowest BCUT2D eigenvalue weighted by Gasteiger charge is -2.09. The molecule has 0 saturated carbocycles. The van der Waals surface area contributed by atoms with Crippen LogP contribution in [0.5, 0.6) is 0 Å². The summed E-state index contributed by atoms with van der Waals surface area (Å²) in [4.78, 5) is 21.6. The Hall–Kier alpha value is -1.50. The van der Waals surface area contributed by atoms with Crippen molar-refractivity contribution in [2.45, 2.75) is 13.0 Å². The first-order valence-electron chi connectivity index (χ1n) is 5.74. The standard InChI is InChI=1S/C12H12N4OS.ClH/c17-11(9-3-1-2-5-14-9)16-12-15-8-4-6-13-7-10(8)18-12;/h1-3,5,13H,4,6-7H2,(H,15,16,17);1H. The van der Waals surface area contributed by atoms with E-state index in [-0.39, 0.29) is 18.3 Å². The number of anilines is 1. The first-order valence-corrected chi connectivity index (χ1v) is 6.56. The van der Waals surface area contributed by atoms with Crippen LogP contribution in [-0.2, 0) is 13.0 Å². The van der Waals surface area contributed by atoms with Crippen LogP contribution >= 0.6 is 23.7 Å². The van der Waals surface area contributed by atoms with Crippen LogP contribution in [0.1, 0.15) is 21.1 Å². The van der Waals surface area contributed by atoms with Crippen LogP contribution < -0.4 is 10.6 Å². The molecule has 2 aromatic heterocycles. The third-order valence-corrected chi connectivity index (χ3v) is 3.73. The molecule has 0 bridgehead atoms. The number of carbonyl (C=O) groups excluding carboxylic acids is 1. The summed E-state index contributed by atoms with van der Waals surface area (Å²) >= 11 is 1.52. The number of thiazole rings is 1. The number of fused-ring (bicyclic) bond motifs is 1. The van der Waals surface area contributed by atoms with Gasteiger partial charge >= 0.3 is 0 Å². The van der Waals surface area contributed by atoms with Gasteiger partial charge < -0.3 is 5.32 Å². The molecule has 0 aromatic carbocycles. The number of carbonyl (C=O) groups is 1. The van der Waals surface area contributed by atoms with E-state index in [0.29, 0.717) is 10.8 Å². The molecule has 0 unspecified atom stereocenters. The van der Waals surface area contributed by atoms with Gasteiger partial charge in [-0.2, -0.15) is 0 Å². The summed E-state index contributed by atoms with van der Waals surface area (Å²) < 4.78 is 0. The molecule has 1 aliphatic rings. The Morgan fingerprint density at radius 1 is 1.42 bits per heavy atom. The summed E-state index contributed by atoms with van der Waals surface area (Å²) in [6, 6.07) is 5.26. The van der Waals surface area contributed by atoms with Gasteiger partial charge in [0.1, 0.15) is 5.69 Å². The second-order valence-corrected chi connectivity index (χ2v) is 5.07. The molecule has 0 spiro atoms. The molecule has 3 rings (SSSR count). The summed E-state index contributed by atoms with van der Waals surface area (Å²) in [6.07, 6.45) is 2.52. The van der Waals surface area contributed by atoms with Gasteiger partial charge in [-0.15, -0.1) is 23.7 Å². The van der Waals surface area contributed by atoms with Crippen LogP contribution in [-0.4, -0.2) is 22.4 Å². The van der Waals surface area contributed by atoms with E-state index >= 15 is 0 Å². The highest BCUT2D eigenvalue weighted by Gasteiger charge is 2.16. The zero-order chi connectivity index (χ0) is 12.4. The fraction of sp³-hybridized carbons (Fsp3) is 0.250. The van der Waals surface area contributed by atoms with Gasteiger partial charge in [0.05, 0.1) is 5.69 Å². The van der Waals surface area contributed by atoms with Crippen molar-refractivity contribution in [3.8, 4) is 0 Å². The maximum Gasteiger partial charge on any atom is 0.276 e. The van der Waals surface area contributed by atoms with Gasteiger partial charge in [-0.25, -0.2) is 4.98 Å². The highest BCUT2D eigenvalue weighted by Crippen LogP contribution is 2.25. The largest absolute Gasteiger partial charge is 0.311 e. The molecule has 5 nitrogen and oxygen atoms in total. The van der Waals surface area contributed by atoms with Crippen molar-refractivity contribution in [1.29, 1.82) is 0 Å². The van der Waals surface area contributed by atoms with E-state index in [0.717, 1.165) is 25.2 Å². The van der Waals surface area contributed by atoms with Gasteiger partial charge in [0.15, 0.2) is 5.13 Å². The molecule has 1 amide bonds. The molecule has 0 aliphatic carbocycles. The van der Waals surface area contributed by atoms with Crippen molar-refractivity contribution in [3.63, 3.8) is 0 Å². The van der Waals surface area contributed by atoms with E-state index in [2.05, 4.69) is 20.6 Å².